The molecule has 0 N–H and O–H groups in total. The Bertz CT molecular complexity index is 1570. The molecule has 35 heavy (non-hydrogen) atoms. The average molecular weight is 454 g/mol. The molecular weight excluding hydrogens is 430 g/mol. The number of para-hydroxylation sites is 2. The van der Waals surface area contributed by atoms with Gasteiger partial charge in [-0.15, -0.1) is 0 Å². The van der Waals surface area contributed by atoms with Crippen molar-refractivity contribution in [2.75, 3.05) is 0 Å². The van der Waals surface area contributed by atoms with Crippen LogP contribution in [0.4, 0.5) is 0 Å². The fourth-order valence-corrected chi connectivity index (χ4v) is 6.06. The van der Waals surface area contributed by atoms with Gasteiger partial charge in [-0.3, -0.25) is 0 Å². The molecule has 5 aromatic rings. The Kier molecular flexibility index (Phi) is 4.22. The van der Waals surface area contributed by atoms with Gasteiger partial charge in [0.2, 0.25) is 0 Å². The van der Waals surface area contributed by atoms with Gasteiger partial charge < -0.3 is 4.74 Å². The minimum atomic E-state index is -0.446. The second-order valence-corrected chi connectivity index (χ2v) is 9.25. The summed E-state index contributed by atoms with van der Waals surface area (Å²) < 4.78 is 6.42. The van der Waals surface area contributed by atoms with Crippen LogP contribution in [0.3, 0.4) is 0 Å². The lowest BCUT2D eigenvalue weighted by Gasteiger charge is -2.39. The van der Waals surface area contributed by atoms with Crippen LogP contribution in [0.15, 0.2) is 91.0 Å². The van der Waals surface area contributed by atoms with E-state index in [2.05, 4.69) is 93.8 Å². The molecule has 0 saturated heterocycles. The van der Waals surface area contributed by atoms with Gasteiger partial charge in [-0.2, -0.15) is 0 Å². The van der Waals surface area contributed by atoms with E-state index in [0.29, 0.717) is 6.42 Å². The summed E-state index contributed by atoms with van der Waals surface area (Å²) in [6.45, 7) is 3.85. The topological polar surface area (TPSA) is 47.9 Å². The standard InChI is InChI=1S/C31H23N3O/c1-19-32-20(2)34-29(33-19)18-21-10-9-15-26-30(21)22-11-3-4-12-23(22)31(26)24-13-5-7-16-27(24)35-28-17-8-6-14-25(28)31/h3-17H,18H2,1-2H3. The van der Waals surface area contributed by atoms with Crippen molar-refractivity contribution in [3.63, 3.8) is 0 Å². The highest BCUT2D eigenvalue weighted by Gasteiger charge is 2.51. The van der Waals surface area contributed by atoms with Crippen LogP contribution in [0.25, 0.3) is 11.1 Å². The molecule has 7 rings (SSSR count). The third-order valence-corrected chi connectivity index (χ3v) is 7.21. The first-order valence-corrected chi connectivity index (χ1v) is 11.9. The zero-order chi connectivity index (χ0) is 23.6. The van der Waals surface area contributed by atoms with Crippen molar-refractivity contribution < 1.29 is 4.74 Å². The Morgan fingerprint density at radius 1 is 0.600 bits per heavy atom. The van der Waals surface area contributed by atoms with Crippen molar-refractivity contribution >= 4 is 0 Å². The van der Waals surface area contributed by atoms with Crippen LogP contribution in [-0.4, -0.2) is 15.0 Å². The molecule has 0 fully saturated rings. The first-order chi connectivity index (χ1) is 17.2. The van der Waals surface area contributed by atoms with Crippen molar-refractivity contribution in [3.8, 4) is 22.6 Å². The van der Waals surface area contributed by atoms with Crippen LogP contribution >= 0.6 is 0 Å². The number of fused-ring (bicyclic) bond motifs is 9. The summed E-state index contributed by atoms with van der Waals surface area (Å²) >= 11 is 0. The number of aryl methyl sites for hydroxylation is 2. The molecule has 0 radical (unpaired) electrons. The van der Waals surface area contributed by atoms with E-state index in [1.807, 2.05) is 26.0 Å². The molecule has 1 aliphatic carbocycles. The van der Waals surface area contributed by atoms with Crippen LogP contribution in [-0.2, 0) is 11.8 Å². The minimum Gasteiger partial charge on any atom is -0.457 e. The molecular formula is C31H23N3O. The Labute approximate surface area is 204 Å². The summed E-state index contributed by atoms with van der Waals surface area (Å²) in [7, 11) is 0. The first kappa shape index (κ1) is 20.1. The summed E-state index contributed by atoms with van der Waals surface area (Å²) in [5, 5.41) is 0. The van der Waals surface area contributed by atoms with Gasteiger partial charge >= 0.3 is 0 Å². The smallest absolute Gasteiger partial charge is 0.136 e. The molecule has 1 spiro atoms. The Morgan fingerprint density at radius 3 is 1.86 bits per heavy atom. The predicted octanol–water partition coefficient (Wildman–Crippen LogP) is 6.55. The van der Waals surface area contributed by atoms with E-state index in [4.69, 9.17) is 4.74 Å². The summed E-state index contributed by atoms with van der Waals surface area (Å²) in [6.07, 6.45) is 0.650. The van der Waals surface area contributed by atoms with Crippen molar-refractivity contribution in [2.24, 2.45) is 0 Å². The Hall–Kier alpha value is -4.31. The number of nitrogens with zero attached hydrogens (tertiary/aromatic N) is 3. The molecule has 0 amide bonds. The van der Waals surface area contributed by atoms with Gasteiger partial charge in [-0.25, -0.2) is 15.0 Å². The van der Waals surface area contributed by atoms with Gasteiger partial charge in [0.25, 0.3) is 0 Å². The van der Waals surface area contributed by atoms with E-state index in [1.54, 1.807) is 0 Å². The van der Waals surface area contributed by atoms with Crippen molar-refractivity contribution in [1.29, 1.82) is 0 Å². The molecule has 4 heteroatoms. The normalized spacial score (nSPS) is 14.0. The second kappa shape index (κ2) is 7.34. The lowest BCUT2D eigenvalue weighted by Crippen LogP contribution is -2.32. The summed E-state index contributed by atoms with van der Waals surface area (Å²) in [4.78, 5) is 13.7. The highest BCUT2D eigenvalue weighted by Crippen LogP contribution is 2.62. The van der Waals surface area contributed by atoms with E-state index in [9.17, 15) is 0 Å². The van der Waals surface area contributed by atoms with Crippen LogP contribution in [0.5, 0.6) is 11.5 Å². The fourth-order valence-electron chi connectivity index (χ4n) is 6.06. The molecule has 4 aromatic carbocycles. The van der Waals surface area contributed by atoms with Crippen LogP contribution < -0.4 is 4.74 Å². The highest BCUT2D eigenvalue weighted by molar-refractivity contribution is 5.90. The third kappa shape index (κ3) is 2.77. The second-order valence-electron chi connectivity index (χ2n) is 9.25. The Morgan fingerprint density at radius 2 is 1.17 bits per heavy atom. The number of ether oxygens (including phenoxy) is 1. The van der Waals surface area contributed by atoms with Crippen LogP contribution in [0, 0.1) is 13.8 Å². The van der Waals surface area contributed by atoms with Gasteiger partial charge in [0, 0.05) is 17.5 Å². The Balaban J connectivity index is 1.56. The number of rotatable bonds is 2. The van der Waals surface area contributed by atoms with Crippen molar-refractivity contribution in [2.45, 2.75) is 25.7 Å². The minimum absolute atomic E-state index is 0.446. The maximum absolute atomic E-state index is 6.42. The molecule has 0 unspecified atom stereocenters. The molecule has 0 atom stereocenters. The number of hydrogen-bond donors (Lipinski definition) is 0. The van der Waals surface area contributed by atoms with Crippen molar-refractivity contribution in [3.05, 3.63) is 136 Å². The van der Waals surface area contributed by atoms with Crippen molar-refractivity contribution in [1.82, 2.24) is 15.0 Å². The summed E-state index contributed by atoms with van der Waals surface area (Å²) in [6, 6.07) is 32.3. The quantitative estimate of drug-likeness (QED) is 0.298. The number of aromatic nitrogens is 3. The fraction of sp³-hybridized carbons (Fsp3) is 0.129. The highest BCUT2D eigenvalue weighted by atomic mass is 16.5. The molecule has 168 valence electrons. The van der Waals surface area contributed by atoms with E-state index < -0.39 is 5.41 Å². The van der Waals surface area contributed by atoms with Crippen LogP contribution in [0.1, 0.15) is 45.3 Å². The number of hydrogen-bond acceptors (Lipinski definition) is 4. The molecule has 0 saturated carbocycles. The van der Waals surface area contributed by atoms with E-state index >= 15 is 0 Å². The maximum atomic E-state index is 6.42. The SMILES string of the molecule is Cc1nc(C)nc(Cc2cccc3c2-c2ccccc2C32c3ccccc3Oc3ccccc32)n1. The van der Waals surface area contributed by atoms with Gasteiger partial charge in [0.15, 0.2) is 0 Å². The first-order valence-electron chi connectivity index (χ1n) is 11.9. The molecule has 0 bridgehead atoms. The van der Waals surface area contributed by atoms with Gasteiger partial charge in [0.05, 0.1) is 5.41 Å². The van der Waals surface area contributed by atoms with Gasteiger partial charge in [-0.1, -0.05) is 78.9 Å². The maximum Gasteiger partial charge on any atom is 0.136 e. The summed E-state index contributed by atoms with van der Waals surface area (Å²) in [5.74, 6) is 4.12. The molecule has 4 nitrogen and oxygen atoms in total. The molecule has 1 aliphatic heterocycles. The predicted molar refractivity (Wildman–Crippen MR) is 136 cm³/mol. The van der Waals surface area contributed by atoms with E-state index in [1.165, 1.54) is 38.9 Å². The van der Waals surface area contributed by atoms with Crippen LogP contribution in [0.2, 0.25) is 0 Å². The van der Waals surface area contributed by atoms with E-state index in [0.717, 1.165) is 29.0 Å². The summed E-state index contributed by atoms with van der Waals surface area (Å²) in [5.41, 5.74) is 8.22. The average Bonchev–Trinajstić information content (AvgIpc) is 3.16. The van der Waals surface area contributed by atoms with Gasteiger partial charge in [-0.05, 0) is 53.8 Å². The molecule has 1 aromatic heterocycles. The monoisotopic (exact) mass is 453 g/mol. The lowest BCUT2D eigenvalue weighted by atomic mass is 9.66. The zero-order valence-electron chi connectivity index (χ0n) is 19.6. The lowest BCUT2D eigenvalue weighted by molar-refractivity contribution is 0.436. The molecule has 2 aliphatic rings. The van der Waals surface area contributed by atoms with E-state index in [-0.39, 0.29) is 0 Å². The largest absolute Gasteiger partial charge is 0.457 e. The molecule has 2 heterocycles. The number of benzene rings is 4. The third-order valence-electron chi connectivity index (χ3n) is 7.21. The zero-order valence-corrected chi connectivity index (χ0v) is 19.6. The van der Waals surface area contributed by atoms with Gasteiger partial charge in [0.1, 0.15) is 29.0 Å².